The Balaban J connectivity index is 2.11. The maximum atomic E-state index is 8.58. The summed E-state index contributed by atoms with van der Waals surface area (Å²) in [4.78, 5) is 3.25. The van der Waals surface area contributed by atoms with E-state index >= 15 is 0 Å². The fraction of sp³-hybridized carbons (Fsp3) is 0.214. The van der Waals surface area contributed by atoms with Gasteiger partial charge in [-0.25, -0.2) is 0 Å². The van der Waals surface area contributed by atoms with E-state index in [4.69, 9.17) is 5.26 Å². The van der Waals surface area contributed by atoms with Crippen molar-refractivity contribution in [3.05, 3.63) is 47.8 Å². The maximum absolute atomic E-state index is 8.58. The first-order valence-electron chi connectivity index (χ1n) is 5.60. The van der Waals surface area contributed by atoms with Crippen LogP contribution in [0.25, 0.3) is 10.9 Å². The number of nitriles is 1. The van der Waals surface area contributed by atoms with Gasteiger partial charge in [0.15, 0.2) is 0 Å². The first-order chi connectivity index (χ1) is 8.20. The number of benzene rings is 1. The van der Waals surface area contributed by atoms with Gasteiger partial charge in [0.05, 0.1) is 0 Å². The Kier molecular flexibility index (Phi) is 3.15. The smallest absolute Gasteiger partial charge is 0.116 e. The lowest BCUT2D eigenvalue weighted by molar-refractivity contribution is 0.813. The van der Waals surface area contributed by atoms with Crippen LogP contribution < -0.4 is 5.32 Å². The number of rotatable bonds is 4. The second-order valence-electron chi connectivity index (χ2n) is 4.13. The van der Waals surface area contributed by atoms with Gasteiger partial charge < -0.3 is 10.3 Å². The Morgan fingerprint density at radius 1 is 1.53 bits per heavy atom. The van der Waals surface area contributed by atoms with Crippen molar-refractivity contribution in [2.45, 2.75) is 13.3 Å². The predicted octanol–water partition coefficient (Wildman–Crippen LogP) is 2.65. The van der Waals surface area contributed by atoms with Gasteiger partial charge in [-0.3, -0.25) is 0 Å². The molecule has 1 aromatic heterocycles. The summed E-state index contributed by atoms with van der Waals surface area (Å²) in [5, 5.41) is 12.8. The van der Waals surface area contributed by atoms with Gasteiger partial charge in [-0.2, -0.15) is 5.26 Å². The molecule has 0 saturated carbocycles. The van der Waals surface area contributed by atoms with E-state index in [1.165, 1.54) is 16.5 Å². The summed E-state index contributed by atoms with van der Waals surface area (Å²) in [7, 11) is 0. The molecule has 17 heavy (non-hydrogen) atoms. The molecule has 2 rings (SSSR count). The summed E-state index contributed by atoms with van der Waals surface area (Å²) in [6.45, 7) is 6.41. The summed E-state index contributed by atoms with van der Waals surface area (Å²) in [6.07, 6.45) is 2.91. The molecule has 0 aliphatic heterocycles. The molecule has 0 spiro atoms. The van der Waals surface area contributed by atoms with E-state index in [1.54, 1.807) is 0 Å². The zero-order chi connectivity index (χ0) is 12.3. The summed E-state index contributed by atoms with van der Waals surface area (Å²) in [6, 6.07) is 8.35. The van der Waals surface area contributed by atoms with E-state index in [0.717, 1.165) is 18.5 Å². The van der Waals surface area contributed by atoms with Crippen LogP contribution in [0.5, 0.6) is 0 Å². The van der Waals surface area contributed by atoms with Gasteiger partial charge in [0.1, 0.15) is 11.8 Å². The van der Waals surface area contributed by atoms with Crippen LogP contribution in [0.3, 0.4) is 0 Å². The van der Waals surface area contributed by atoms with Crippen LogP contribution in [-0.4, -0.2) is 11.5 Å². The predicted molar refractivity (Wildman–Crippen MR) is 69.5 cm³/mol. The van der Waals surface area contributed by atoms with Crippen molar-refractivity contribution in [2.75, 3.05) is 6.54 Å². The van der Waals surface area contributed by atoms with Crippen LogP contribution in [0.2, 0.25) is 0 Å². The molecule has 0 fully saturated rings. The van der Waals surface area contributed by atoms with Gasteiger partial charge in [0.2, 0.25) is 0 Å². The number of fused-ring (bicyclic) bond motifs is 1. The zero-order valence-corrected chi connectivity index (χ0v) is 9.88. The molecular formula is C14H15N3. The number of aryl methyl sites for hydroxylation is 1. The third-order valence-corrected chi connectivity index (χ3v) is 2.79. The number of H-pyrrole nitrogens is 1. The monoisotopic (exact) mass is 225 g/mol. The molecule has 0 bridgehead atoms. The summed E-state index contributed by atoms with van der Waals surface area (Å²) in [5.41, 5.74) is 4.10. The third-order valence-electron chi connectivity index (χ3n) is 2.79. The topological polar surface area (TPSA) is 51.6 Å². The Labute approximate surface area is 101 Å². The average molecular weight is 225 g/mol. The number of aromatic nitrogens is 1. The lowest BCUT2D eigenvalue weighted by Gasteiger charge is -2.02. The second kappa shape index (κ2) is 4.75. The van der Waals surface area contributed by atoms with Crippen molar-refractivity contribution in [3.8, 4) is 6.07 Å². The van der Waals surface area contributed by atoms with Crippen LogP contribution in [0.1, 0.15) is 11.1 Å². The Morgan fingerprint density at radius 2 is 2.35 bits per heavy atom. The van der Waals surface area contributed by atoms with Crippen molar-refractivity contribution in [2.24, 2.45) is 0 Å². The van der Waals surface area contributed by atoms with Crippen LogP contribution in [0.4, 0.5) is 0 Å². The number of nitrogens with zero attached hydrogens (tertiary/aromatic N) is 1. The highest BCUT2D eigenvalue weighted by Gasteiger charge is 2.03. The van der Waals surface area contributed by atoms with Crippen molar-refractivity contribution in [3.63, 3.8) is 0 Å². The Bertz CT molecular complexity index is 587. The van der Waals surface area contributed by atoms with Crippen molar-refractivity contribution in [1.29, 1.82) is 5.26 Å². The van der Waals surface area contributed by atoms with Gasteiger partial charge in [-0.15, -0.1) is 0 Å². The Morgan fingerprint density at radius 3 is 3.12 bits per heavy atom. The molecule has 0 saturated heterocycles. The normalized spacial score (nSPS) is 10.1. The molecule has 1 heterocycles. The summed E-state index contributed by atoms with van der Waals surface area (Å²) in [5.74, 6) is 0. The lowest BCUT2D eigenvalue weighted by atomic mass is 10.1. The van der Waals surface area contributed by atoms with E-state index in [0.29, 0.717) is 5.70 Å². The molecule has 0 amide bonds. The maximum Gasteiger partial charge on any atom is 0.116 e. The van der Waals surface area contributed by atoms with Gasteiger partial charge in [0, 0.05) is 23.6 Å². The highest BCUT2D eigenvalue weighted by atomic mass is 14.9. The third kappa shape index (κ3) is 2.48. The fourth-order valence-corrected chi connectivity index (χ4v) is 1.89. The number of allylic oxidation sites excluding steroid dienone is 1. The molecule has 0 unspecified atom stereocenters. The molecule has 0 radical (unpaired) electrons. The summed E-state index contributed by atoms with van der Waals surface area (Å²) < 4.78 is 0. The number of aromatic amines is 1. The van der Waals surface area contributed by atoms with Gasteiger partial charge in [-0.05, 0) is 31.0 Å². The van der Waals surface area contributed by atoms with Crippen LogP contribution >= 0.6 is 0 Å². The molecule has 86 valence electrons. The fourth-order valence-electron chi connectivity index (χ4n) is 1.89. The van der Waals surface area contributed by atoms with Crippen molar-refractivity contribution >= 4 is 10.9 Å². The highest BCUT2D eigenvalue weighted by Crippen LogP contribution is 2.19. The van der Waals surface area contributed by atoms with Gasteiger partial charge in [-0.1, -0.05) is 18.2 Å². The van der Waals surface area contributed by atoms with Crippen LogP contribution in [-0.2, 0) is 6.42 Å². The average Bonchev–Trinajstić information content (AvgIpc) is 2.72. The SMILES string of the molecule is C=C(C#N)NCCc1c[nH]c2ccc(C)cc12. The Hall–Kier alpha value is -2.21. The van der Waals surface area contributed by atoms with Crippen molar-refractivity contribution in [1.82, 2.24) is 10.3 Å². The van der Waals surface area contributed by atoms with E-state index in [1.807, 2.05) is 12.3 Å². The highest BCUT2D eigenvalue weighted by molar-refractivity contribution is 5.83. The van der Waals surface area contributed by atoms with Crippen molar-refractivity contribution < 1.29 is 0 Å². The minimum Gasteiger partial charge on any atom is -0.377 e. The van der Waals surface area contributed by atoms with E-state index in [9.17, 15) is 0 Å². The van der Waals surface area contributed by atoms with Crippen LogP contribution in [0, 0.1) is 18.3 Å². The minimum atomic E-state index is 0.418. The first kappa shape index (κ1) is 11.3. The lowest BCUT2D eigenvalue weighted by Crippen LogP contribution is -2.14. The van der Waals surface area contributed by atoms with E-state index in [2.05, 4.69) is 42.0 Å². The second-order valence-corrected chi connectivity index (χ2v) is 4.13. The molecule has 2 N–H and O–H groups in total. The molecule has 3 nitrogen and oxygen atoms in total. The molecule has 0 aliphatic rings. The van der Waals surface area contributed by atoms with E-state index in [-0.39, 0.29) is 0 Å². The van der Waals surface area contributed by atoms with Gasteiger partial charge >= 0.3 is 0 Å². The number of nitrogens with one attached hydrogen (secondary N) is 2. The van der Waals surface area contributed by atoms with Crippen LogP contribution in [0.15, 0.2) is 36.7 Å². The quantitative estimate of drug-likeness (QED) is 0.786. The van der Waals surface area contributed by atoms with Gasteiger partial charge in [0.25, 0.3) is 0 Å². The number of hydrogen-bond donors (Lipinski definition) is 2. The molecule has 2 aromatic rings. The molecule has 1 aromatic carbocycles. The molecular weight excluding hydrogens is 210 g/mol. The molecule has 3 heteroatoms. The minimum absolute atomic E-state index is 0.418. The largest absolute Gasteiger partial charge is 0.377 e. The molecule has 0 aliphatic carbocycles. The molecule has 0 atom stereocenters. The van der Waals surface area contributed by atoms with E-state index < -0.39 is 0 Å². The first-order valence-corrected chi connectivity index (χ1v) is 5.60. The number of hydrogen-bond acceptors (Lipinski definition) is 2. The summed E-state index contributed by atoms with van der Waals surface area (Å²) >= 11 is 0. The zero-order valence-electron chi connectivity index (χ0n) is 9.88. The standard InChI is InChI=1S/C14H15N3/c1-10-3-4-14-13(7-10)12(9-17-14)5-6-16-11(2)8-15/h3-4,7,9,16-17H,2,5-6H2,1H3.